The molecule has 44 heavy (non-hydrogen) atoms. The van der Waals surface area contributed by atoms with Crippen LogP contribution < -0.4 is 4.90 Å². The summed E-state index contributed by atoms with van der Waals surface area (Å²) in [6.07, 6.45) is 0. The zero-order chi connectivity index (χ0) is 29.0. The molecule has 0 spiro atoms. The van der Waals surface area contributed by atoms with Crippen LogP contribution in [0.5, 0.6) is 0 Å². The van der Waals surface area contributed by atoms with Gasteiger partial charge in [0.05, 0.1) is 5.69 Å². The third kappa shape index (κ3) is 4.00. The summed E-state index contributed by atoms with van der Waals surface area (Å²) < 4.78 is 2.63. The summed E-state index contributed by atoms with van der Waals surface area (Å²) in [6.45, 7) is 0. The van der Waals surface area contributed by atoms with Crippen molar-refractivity contribution in [2.45, 2.75) is 0 Å². The number of hydrogen-bond acceptors (Lipinski definition) is 2. The van der Waals surface area contributed by atoms with Crippen LogP contribution in [0.1, 0.15) is 0 Å². The van der Waals surface area contributed by atoms with Gasteiger partial charge in [-0.3, -0.25) is 0 Å². The largest absolute Gasteiger partial charge is 0.310 e. The van der Waals surface area contributed by atoms with Crippen LogP contribution in [0.15, 0.2) is 164 Å². The third-order valence-corrected chi connectivity index (χ3v) is 9.98. The van der Waals surface area contributed by atoms with Gasteiger partial charge in [-0.05, 0) is 80.5 Å². The quantitative estimate of drug-likeness (QED) is 0.188. The highest BCUT2D eigenvalue weighted by atomic mass is 32.1. The lowest BCUT2D eigenvalue weighted by molar-refractivity contribution is 1.30. The van der Waals surface area contributed by atoms with Crippen LogP contribution in [0.2, 0.25) is 0 Å². The zero-order valence-electron chi connectivity index (χ0n) is 23.9. The van der Waals surface area contributed by atoms with Crippen molar-refractivity contribution in [1.29, 1.82) is 0 Å². The van der Waals surface area contributed by atoms with Crippen LogP contribution in [-0.2, 0) is 0 Å². The lowest BCUT2D eigenvalue weighted by Crippen LogP contribution is -2.10. The molecule has 0 fully saturated rings. The van der Waals surface area contributed by atoms with E-state index in [1.54, 1.807) is 0 Å². The summed E-state index contributed by atoms with van der Waals surface area (Å²) in [5, 5.41) is 10.2. The average Bonchev–Trinajstić information content (AvgIpc) is 3.47. The summed E-state index contributed by atoms with van der Waals surface area (Å²) in [4.78, 5) is 2.44. The molecule has 0 N–H and O–H groups in total. The summed E-state index contributed by atoms with van der Waals surface area (Å²) in [6, 6.07) is 59.8. The van der Waals surface area contributed by atoms with Crippen molar-refractivity contribution in [3.8, 4) is 11.1 Å². The molecule has 206 valence electrons. The topological polar surface area (TPSA) is 3.24 Å². The molecule has 9 rings (SSSR count). The molecule has 0 radical (unpaired) electrons. The Kier molecular flexibility index (Phi) is 5.75. The second-order valence-corrected chi connectivity index (χ2v) is 12.4. The first-order valence-electron chi connectivity index (χ1n) is 15.0. The van der Waals surface area contributed by atoms with Gasteiger partial charge in [0.1, 0.15) is 0 Å². The van der Waals surface area contributed by atoms with E-state index in [9.17, 15) is 0 Å². The highest BCUT2D eigenvalue weighted by Crippen LogP contribution is 2.44. The Balaban J connectivity index is 1.32. The second-order valence-electron chi connectivity index (χ2n) is 11.4. The van der Waals surface area contributed by atoms with E-state index in [2.05, 4.69) is 169 Å². The molecular formula is C42H27NS. The molecule has 0 saturated carbocycles. The monoisotopic (exact) mass is 577 g/mol. The van der Waals surface area contributed by atoms with E-state index in [4.69, 9.17) is 0 Å². The summed E-state index contributed by atoms with van der Waals surface area (Å²) in [5.74, 6) is 0. The van der Waals surface area contributed by atoms with Crippen LogP contribution in [0.3, 0.4) is 0 Å². The van der Waals surface area contributed by atoms with Crippen molar-refractivity contribution >= 4 is 80.9 Å². The lowest BCUT2D eigenvalue weighted by Gasteiger charge is -2.28. The van der Waals surface area contributed by atoms with Gasteiger partial charge in [-0.25, -0.2) is 0 Å². The van der Waals surface area contributed by atoms with Crippen LogP contribution >= 0.6 is 11.3 Å². The predicted molar refractivity (Wildman–Crippen MR) is 192 cm³/mol. The second kappa shape index (κ2) is 10.1. The molecule has 0 unspecified atom stereocenters. The Labute approximate surface area is 259 Å². The molecule has 0 bridgehead atoms. The van der Waals surface area contributed by atoms with Crippen LogP contribution in [0, 0.1) is 0 Å². The minimum absolute atomic E-state index is 1.14. The predicted octanol–water partition coefficient (Wildman–Crippen LogP) is 12.7. The van der Waals surface area contributed by atoms with Gasteiger partial charge >= 0.3 is 0 Å². The minimum atomic E-state index is 1.14. The number of benzene rings is 8. The first-order valence-corrected chi connectivity index (χ1v) is 15.8. The Morgan fingerprint density at radius 2 is 0.977 bits per heavy atom. The number of hydrogen-bond donors (Lipinski definition) is 0. The third-order valence-electron chi connectivity index (χ3n) is 8.83. The van der Waals surface area contributed by atoms with E-state index in [1.807, 2.05) is 11.3 Å². The van der Waals surface area contributed by atoms with Gasteiger partial charge < -0.3 is 4.90 Å². The molecule has 8 aromatic carbocycles. The van der Waals surface area contributed by atoms with Crippen molar-refractivity contribution in [1.82, 2.24) is 0 Å². The summed E-state index contributed by atoms with van der Waals surface area (Å²) in [7, 11) is 0. The Morgan fingerprint density at radius 3 is 1.91 bits per heavy atom. The fourth-order valence-electron chi connectivity index (χ4n) is 6.77. The molecule has 1 nitrogen and oxygen atoms in total. The van der Waals surface area contributed by atoms with Gasteiger partial charge in [-0.1, -0.05) is 121 Å². The van der Waals surface area contributed by atoms with E-state index < -0.39 is 0 Å². The molecule has 2 heteroatoms. The highest BCUT2D eigenvalue weighted by Gasteiger charge is 2.18. The van der Waals surface area contributed by atoms with Gasteiger partial charge in [-0.15, -0.1) is 11.3 Å². The highest BCUT2D eigenvalue weighted by molar-refractivity contribution is 7.25. The fourth-order valence-corrected chi connectivity index (χ4v) is 7.86. The van der Waals surface area contributed by atoms with Crippen LogP contribution in [0.4, 0.5) is 17.1 Å². The first-order chi connectivity index (χ1) is 21.8. The normalized spacial score (nSPS) is 11.6. The van der Waals surface area contributed by atoms with E-state index in [-0.39, 0.29) is 0 Å². The summed E-state index contributed by atoms with van der Waals surface area (Å²) in [5.41, 5.74) is 5.87. The maximum absolute atomic E-state index is 2.44. The molecule has 0 saturated heterocycles. The van der Waals surface area contributed by atoms with Crippen molar-refractivity contribution in [3.63, 3.8) is 0 Å². The number of nitrogens with zero attached hydrogens (tertiary/aromatic N) is 1. The van der Waals surface area contributed by atoms with E-state index >= 15 is 0 Å². The Bertz CT molecular complexity index is 2510. The van der Waals surface area contributed by atoms with Gasteiger partial charge in [0, 0.05) is 36.9 Å². The molecule has 9 aromatic rings. The van der Waals surface area contributed by atoms with E-state index in [0.717, 1.165) is 11.4 Å². The number of thiophene rings is 1. The Morgan fingerprint density at radius 1 is 0.341 bits per heavy atom. The van der Waals surface area contributed by atoms with Gasteiger partial charge in [0.2, 0.25) is 0 Å². The van der Waals surface area contributed by atoms with Crippen molar-refractivity contribution in [2.24, 2.45) is 0 Å². The maximum Gasteiger partial charge on any atom is 0.0540 e. The van der Waals surface area contributed by atoms with E-state index in [0.29, 0.717) is 0 Å². The molecule has 0 aliphatic rings. The van der Waals surface area contributed by atoms with Gasteiger partial charge in [0.15, 0.2) is 0 Å². The molecular weight excluding hydrogens is 551 g/mol. The number of fused-ring (bicyclic) bond motifs is 8. The Hall–Kier alpha value is -5.44. The van der Waals surface area contributed by atoms with Crippen molar-refractivity contribution in [2.75, 3.05) is 4.90 Å². The number of anilines is 3. The molecule has 0 atom stereocenters. The smallest absolute Gasteiger partial charge is 0.0540 e. The standard InChI is InChI=1S/C42H27NS/c1-2-10-28(11-3-1)30-13-8-14-31(26-30)43(32-21-25-42-39(27-32)38-16-6-7-19-41(38)44-42)40-18-9-17-34-36-22-20-29-12-4-5-15-33(29)35(36)23-24-37(34)40/h1-27H. The van der Waals surface area contributed by atoms with E-state index in [1.165, 1.54) is 69.3 Å². The van der Waals surface area contributed by atoms with Gasteiger partial charge in [0.25, 0.3) is 0 Å². The van der Waals surface area contributed by atoms with Crippen molar-refractivity contribution in [3.05, 3.63) is 164 Å². The molecule has 1 aromatic heterocycles. The van der Waals surface area contributed by atoms with Crippen LogP contribution in [-0.4, -0.2) is 0 Å². The molecule has 0 aliphatic carbocycles. The molecule has 1 heterocycles. The zero-order valence-corrected chi connectivity index (χ0v) is 24.8. The van der Waals surface area contributed by atoms with Gasteiger partial charge in [-0.2, -0.15) is 0 Å². The maximum atomic E-state index is 2.44. The van der Waals surface area contributed by atoms with Crippen LogP contribution in [0.25, 0.3) is 63.6 Å². The first kappa shape index (κ1) is 25.1. The fraction of sp³-hybridized carbons (Fsp3) is 0. The SMILES string of the molecule is c1ccc(-c2cccc(N(c3ccc4sc5ccccc5c4c3)c3cccc4c3ccc3c5ccccc5ccc43)c2)cc1. The molecule has 0 aliphatic heterocycles. The average molecular weight is 578 g/mol. The number of rotatable bonds is 4. The summed E-state index contributed by atoms with van der Waals surface area (Å²) >= 11 is 1.86. The lowest BCUT2D eigenvalue weighted by atomic mass is 9.96. The van der Waals surface area contributed by atoms with Crippen molar-refractivity contribution < 1.29 is 0 Å². The minimum Gasteiger partial charge on any atom is -0.310 e. The molecule has 0 amide bonds.